The summed E-state index contributed by atoms with van der Waals surface area (Å²) in [5.74, 6) is 0. The quantitative estimate of drug-likeness (QED) is 0.694. The van der Waals surface area contributed by atoms with Crippen LogP contribution in [0.3, 0.4) is 0 Å². The van der Waals surface area contributed by atoms with E-state index >= 15 is 0 Å². The first kappa shape index (κ1) is 8.01. The predicted octanol–water partition coefficient (Wildman–Crippen LogP) is 1.72. The second kappa shape index (κ2) is 3.34. The third-order valence-corrected chi connectivity index (χ3v) is 4.24. The normalized spacial score (nSPS) is 11.7. The first-order valence-corrected chi connectivity index (χ1v) is 6.29. The molecule has 10 heavy (non-hydrogen) atoms. The summed E-state index contributed by atoms with van der Waals surface area (Å²) in [4.78, 5) is 0. The molecular formula is C6H12N2S2. The molecule has 0 N–H and O–H groups in total. The van der Waals surface area contributed by atoms with Crippen molar-refractivity contribution in [1.29, 1.82) is 0 Å². The topological polar surface area (TPSA) is 25.8 Å². The highest BCUT2D eigenvalue weighted by Crippen LogP contribution is 2.30. The van der Waals surface area contributed by atoms with Gasteiger partial charge in [0.2, 0.25) is 0 Å². The number of aromatic nitrogens is 2. The molecule has 0 atom stereocenters. The molecule has 0 saturated carbocycles. The van der Waals surface area contributed by atoms with Crippen LogP contribution in [-0.4, -0.2) is 22.7 Å². The fourth-order valence-electron chi connectivity index (χ4n) is 0.568. The predicted molar refractivity (Wildman–Crippen MR) is 48.4 cm³/mol. The van der Waals surface area contributed by atoms with Gasteiger partial charge in [-0.2, -0.15) is 0 Å². The Morgan fingerprint density at radius 2 is 2.10 bits per heavy atom. The summed E-state index contributed by atoms with van der Waals surface area (Å²) in [7, 11) is -0.0356. The van der Waals surface area contributed by atoms with Gasteiger partial charge in [-0.15, -0.1) is 10.2 Å². The molecule has 0 aliphatic rings. The van der Waals surface area contributed by atoms with Crippen LogP contribution in [0.2, 0.25) is 0 Å². The molecule has 0 spiro atoms. The summed E-state index contributed by atoms with van der Waals surface area (Å²) < 4.78 is 1.21. The molecule has 0 fully saturated rings. The minimum Gasteiger partial charge on any atom is -0.205 e. The van der Waals surface area contributed by atoms with Gasteiger partial charge < -0.3 is 0 Å². The van der Waals surface area contributed by atoms with Gasteiger partial charge >= 0.3 is 0 Å². The number of hydrogen-bond donors (Lipinski definition) is 1. The molecule has 58 valence electrons. The summed E-state index contributed by atoms with van der Waals surface area (Å²) >= 11 is 1.75. The van der Waals surface area contributed by atoms with Crippen LogP contribution in [0.5, 0.6) is 0 Å². The molecule has 2 nitrogen and oxygen atoms in total. The van der Waals surface area contributed by atoms with E-state index in [1.165, 1.54) is 4.34 Å². The van der Waals surface area contributed by atoms with Gasteiger partial charge in [0.1, 0.15) is 5.01 Å². The molecule has 0 aromatic carbocycles. The van der Waals surface area contributed by atoms with E-state index in [-0.39, 0.29) is 10.9 Å². The first-order valence-electron chi connectivity index (χ1n) is 3.23. The van der Waals surface area contributed by atoms with Gasteiger partial charge in [-0.1, -0.05) is 18.3 Å². The van der Waals surface area contributed by atoms with Crippen LogP contribution in [0.25, 0.3) is 0 Å². The lowest BCUT2D eigenvalue weighted by Gasteiger charge is -1.99. The molecule has 0 aliphatic carbocycles. The number of nitrogens with zero attached hydrogens (tertiary/aromatic N) is 2. The molecule has 4 heteroatoms. The Bertz CT molecular complexity index is 207. The minimum atomic E-state index is -0.0356. The number of thiol groups is 1. The highest BCUT2D eigenvalue weighted by atomic mass is 32.2. The van der Waals surface area contributed by atoms with E-state index in [4.69, 9.17) is 0 Å². The van der Waals surface area contributed by atoms with Crippen LogP contribution in [0.15, 0.2) is 4.34 Å². The van der Waals surface area contributed by atoms with Crippen molar-refractivity contribution in [1.82, 2.24) is 10.2 Å². The SMILES string of the molecule is CCc1nnc([SH](C)C)s1. The van der Waals surface area contributed by atoms with Crippen molar-refractivity contribution in [3.8, 4) is 0 Å². The third-order valence-electron chi connectivity index (χ3n) is 1.14. The molecule has 1 heterocycles. The van der Waals surface area contributed by atoms with E-state index in [1.54, 1.807) is 11.3 Å². The molecular weight excluding hydrogens is 164 g/mol. The van der Waals surface area contributed by atoms with E-state index < -0.39 is 0 Å². The number of hydrogen-bond acceptors (Lipinski definition) is 3. The monoisotopic (exact) mass is 176 g/mol. The Hall–Kier alpha value is -0.0900. The van der Waals surface area contributed by atoms with Crippen molar-refractivity contribution >= 4 is 22.2 Å². The van der Waals surface area contributed by atoms with Gasteiger partial charge in [-0.25, -0.2) is 10.9 Å². The smallest absolute Gasteiger partial charge is 0.154 e. The lowest BCUT2D eigenvalue weighted by molar-refractivity contribution is 0.943. The summed E-state index contributed by atoms with van der Waals surface area (Å²) in [6.45, 7) is 2.11. The first-order chi connectivity index (χ1) is 4.74. The Labute approximate surface area is 68.0 Å². The van der Waals surface area contributed by atoms with Crippen molar-refractivity contribution < 1.29 is 0 Å². The zero-order valence-corrected chi connectivity index (χ0v) is 8.17. The van der Waals surface area contributed by atoms with Crippen molar-refractivity contribution in [2.24, 2.45) is 0 Å². The second-order valence-corrected chi connectivity index (χ2v) is 5.80. The largest absolute Gasteiger partial charge is 0.205 e. The van der Waals surface area contributed by atoms with Crippen LogP contribution >= 0.6 is 22.2 Å². The lowest BCUT2D eigenvalue weighted by Crippen LogP contribution is -1.76. The van der Waals surface area contributed by atoms with Crippen LogP contribution in [0.4, 0.5) is 0 Å². The number of rotatable bonds is 2. The third kappa shape index (κ3) is 1.70. The molecule has 0 bridgehead atoms. The fraction of sp³-hybridized carbons (Fsp3) is 0.667. The van der Waals surface area contributed by atoms with Crippen molar-refractivity contribution in [2.75, 3.05) is 12.5 Å². The lowest BCUT2D eigenvalue weighted by atomic mass is 10.5. The molecule has 0 radical (unpaired) electrons. The minimum absolute atomic E-state index is 0.0356. The molecule has 0 amide bonds. The summed E-state index contributed by atoms with van der Waals surface area (Å²) in [5, 5.41) is 9.28. The summed E-state index contributed by atoms with van der Waals surface area (Å²) in [6.07, 6.45) is 5.42. The second-order valence-electron chi connectivity index (χ2n) is 2.23. The Balaban J connectivity index is 2.78. The fourth-order valence-corrected chi connectivity index (χ4v) is 2.36. The Morgan fingerprint density at radius 1 is 1.40 bits per heavy atom. The summed E-state index contributed by atoms with van der Waals surface area (Å²) in [6, 6.07) is 0. The molecule has 1 aromatic rings. The Morgan fingerprint density at radius 3 is 2.40 bits per heavy atom. The van der Waals surface area contributed by atoms with Gasteiger partial charge in [0.15, 0.2) is 4.34 Å². The van der Waals surface area contributed by atoms with Gasteiger partial charge in [0, 0.05) is 0 Å². The van der Waals surface area contributed by atoms with E-state index in [1.807, 2.05) is 0 Å². The van der Waals surface area contributed by atoms with Gasteiger partial charge in [-0.05, 0) is 18.9 Å². The molecule has 0 unspecified atom stereocenters. The van der Waals surface area contributed by atoms with Gasteiger partial charge in [0.05, 0.1) is 0 Å². The van der Waals surface area contributed by atoms with Gasteiger partial charge in [0.25, 0.3) is 0 Å². The summed E-state index contributed by atoms with van der Waals surface area (Å²) in [5.41, 5.74) is 0. The molecule has 0 saturated heterocycles. The van der Waals surface area contributed by atoms with Gasteiger partial charge in [-0.3, -0.25) is 0 Å². The average molecular weight is 176 g/mol. The van der Waals surface area contributed by atoms with Crippen LogP contribution < -0.4 is 0 Å². The zero-order valence-electron chi connectivity index (χ0n) is 6.46. The maximum Gasteiger partial charge on any atom is 0.154 e. The highest BCUT2D eigenvalue weighted by Gasteiger charge is 2.02. The van der Waals surface area contributed by atoms with Crippen LogP contribution in [0, 0.1) is 0 Å². The van der Waals surface area contributed by atoms with Crippen LogP contribution in [0.1, 0.15) is 11.9 Å². The zero-order chi connectivity index (χ0) is 7.56. The maximum atomic E-state index is 4.08. The maximum absolute atomic E-state index is 4.08. The Kier molecular flexibility index (Phi) is 2.68. The standard InChI is InChI=1S/C6H12N2S2/c1-4-5-7-8-6(9-5)10(2)3/h10H,4H2,1-3H3. The van der Waals surface area contributed by atoms with Crippen molar-refractivity contribution in [2.45, 2.75) is 17.7 Å². The van der Waals surface area contributed by atoms with E-state index in [0.29, 0.717) is 0 Å². The molecule has 0 aliphatic heterocycles. The van der Waals surface area contributed by atoms with E-state index in [9.17, 15) is 0 Å². The van der Waals surface area contributed by atoms with Crippen LogP contribution in [-0.2, 0) is 6.42 Å². The molecule has 1 aromatic heterocycles. The highest BCUT2D eigenvalue weighted by molar-refractivity contribution is 8.17. The van der Waals surface area contributed by atoms with E-state index in [0.717, 1.165) is 11.4 Å². The number of aryl methyl sites for hydroxylation is 1. The van der Waals surface area contributed by atoms with E-state index in [2.05, 4.69) is 29.6 Å². The van der Waals surface area contributed by atoms with Crippen molar-refractivity contribution in [3.05, 3.63) is 5.01 Å². The molecule has 1 rings (SSSR count). The average Bonchev–Trinajstić information content (AvgIpc) is 2.34. The van der Waals surface area contributed by atoms with Crippen molar-refractivity contribution in [3.63, 3.8) is 0 Å².